The molecule has 5 rings (SSSR count). The SMILES string of the molecule is C1CCOC1.C1CCOC1.C[C]1[C](C)[C](C)[C](C)[C]1C.C[C]1[C](C)[C](C)[C](C)[C]1C.Cc1cc(C(C)(C)C)c(O)c(C(C)(C)C)c1.[K+].[Sm]. The first kappa shape index (κ1) is 52.0. The van der Waals surface area contributed by atoms with Crippen LogP contribution >= 0.6 is 0 Å². The number of hydrogen-bond acceptors (Lipinski definition) is 3. The average Bonchev–Trinajstić information content (AvgIpc) is 3.81. The summed E-state index contributed by atoms with van der Waals surface area (Å²) < 4.78 is 9.89. The van der Waals surface area contributed by atoms with Gasteiger partial charge in [0.1, 0.15) is 5.75 Å². The van der Waals surface area contributed by atoms with Crippen molar-refractivity contribution < 1.29 is 106 Å². The minimum atomic E-state index is -0.0178. The fourth-order valence-electron chi connectivity index (χ4n) is 5.76. The predicted octanol–water partition coefficient (Wildman–Crippen LogP) is 8.84. The molecule has 4 aliphatic rings. The normalized spacial score (nSPS) is 21.2. The summed E-state index contributed by atoms with van der Waals surface area (Å²) >= 11 is 0. The molecule has 2 heterocycles. The zero-order chi connectivity index (χ0) is 35.6. The average molecular weight is 824 g/mol. The molecule has 0 unspecified atom stereocenters. The fourth-order valence-corrected chi connectivity index (χ4v) is 5.76. The zero-order valence-electron chi connectivity index (χ0n) is 34.5. The molecule has 266 valence electrons. The van der Waals surface area contributed by atoms with Crippen LogP contribution in [0.25, 0.3) is 0 Å². The maximum Gasteiger partial charge on any atom is 1.00 e. The van der Waals surface area contributed by atoms with E-state index in [0.29, 0.717) is 5.75 Å². The zero-order valence-corrected chi connectivity index (χ0v) is 40.2. The minimum Gasteiger partial charge on any atom is -0.507 e. The Morgan fingerprint density at radius 1 is 0.438 bits per heavy atom. The molecule has 0 spiro atoms. The molecule has 0 amide bonds. The Bertz CT molecular complexity index is 811. The molecular formula is C43H70KO3Sm+. The summed E-state index contributed by atoms with van der Waals surface area (Å²) in [5.74, 6) is 15.1. The molecule has 2 aliphatic heterocycles. The summed E-state index contributed by atoms with van der Waals surface area (Å²) in [4.78, 5) is 0. The van der Waals surface area contributed by atoms with Crippen molar-refractivity contribution in [3.05, 3.63) is 88.0 Å². The van der Waals surface area contributed by atoms with E-state index >= 15 is 0 Å². The standard InChI is InChI=1S/C15H24O.2C10H15.2C4H8O.K.Sm/c1-10-8-11(14(2,3)4)13(16)12(9-10)15(5,6)7;2*1-6-7(2)9(4)10(5)8(6)3;2*1-2-4-5-3-1;;/h8-9,16H,1-7H3;2*1-5H3;2*1-4H2;;/q;;;;;+1;. The molecule has 0 bridgehead atoms. The van der Waals surface area contributed by atoms with E-state index in [1.807, 2.05) is 0 Å². The van der Waals surface area contributed by atoms with Crippen molar-refractivity contribution in [3.8, 4) is 5.75 Å². The second kappa shape index (κ2) is 24.3. The molecule has 2 saturated carbocycles. The van der Waals surface area contributed by atoms with Crippen LogP contribution < -0.4 is 51.4 Å². The van der Waals surface area contributed by atoms with Gasteiger partial charge in [-0.2, -0.15) is 0 Å². The third-order valence-electron chi connectivity index (χ3n) is 10.1. The van der Waals surface area contributed by atoms with Crippen LogP contribution in [-0.2, 0) is 20.3 Å². The summed E-state index contributed by atoms with van der Waals surface area (Å²) in [5.41, 5.74) is 3.26. The summed E-state index contributed by atoms with van der Waals surface area (Å²) in [6, 6.07) is 4.18. The number of rotatable bonds is 0. The van der Waals surface area contributed by atoms with Crippen molar-refractivity contribution in [1.82, 2.24) is 0 Å². The number of ether oxygens (including phenoxy) is 2. The molecule has 3 nitrogen and oxygen atoms in total. The van der Waals surface area contributed by atoms with Crippen molar-refractivity contribution in [2.75, 3.05) is 26.4 Å². The van der Waals surface area contributed by atoms with Gasteiger partial charge in [0, 0.05) is 66.8 Å². The number of phenolic OH excluding ortho intramolecular Hbond substituents is 1. The third-order valence-corrected chi connectivity index (χ3v) is 10.1. The van der Waals surface area contributed by atoms with Gasteiger partial charge >= 0.3 is 51.4 Å². The maximum atomic E-state index is 10.4. The number of phenols is 1. The van der Waals surface area contributed by atoms with E-state index in [9.17, 15) is 5.11 Å². The third kappa shape index (κ3) is 16.5. The van der Waals surface area contributed by atoms with Crippen LogP contribution in [0, 0.1) is 106 Å². The number of aromatic hydroxyl groups is 1. The summed E-state index contributed by atoms with van der Waals surface area (Å²) in [6.07, 6.45) is 5.11. The van der Waals surface area contributed by atoms with Crippen molar-refractivity contribution in [1.29, 1.82) is 0 Å². The second-order valence-electron chi connectivity index (χ2n) is 15.6. The van der Waals surface area contributed by atoms with Gasteiger partial charge in [0.25, 0.3) is 0 Å². The summed E-state index contributed by atoms with van der Waals surface area (Å²) in [6.45, 7) is 40.9. The largest absolute Gasteiger partial charge is 1.00 e. The van der Waals surface area contributed by atoms with E-state index < -0.39 is 0 Å². The Morgan fingerprint density at radius 2 is 0.625 bits per heavy atom. The Balaban J connectivity index is 0. The van der Waals surface area contributed by atoms with Crippen molar-refractivity contribution >= 4 is 0 Å². The minimum absolute atomic E-state index is 0. The molecule has 1 aromatic rings. The Labute approximate surface area is 375 Å². The Kier molecular flexibility index (Phi) is 26.4. The van der Waals surface area contributed by atoms with Gasteiger partial charge in [0.05, 0.1) is 0 Å². The quantitative estimate of drug-likeness (QED) is 0.266. The van der Waals surface area contributed by atoms with Crippen molar-refractivity contribution in [3.63, 3.8) is 0 Å². The van der Waals surface area contributed by atoms with Gasteiger partial charge in [0.2, 0.25) is 0 Å². The van der Waals surface area contributed by atoms with E-state index in [2.05, 4.69) is 130 Å². The molecular weight excluding hydrogens is 754 g/mol. The predicted molar refractivity (Wildman–Crippen MR) is 200 cm³/mol. The van der Waals surface area contributed by atoms with Crippen LogP contribution in [0.3, 0.4) is 0 Å². The molecule has 2 aliphatic carbocycles. The first-order valence-corrected chi connectivity index (χ1v) is 17.5. The number of aryl methyl sites for hydroxylation is 1. The number of hydrogen-bond donors (Lipinski definition) is 1. The summed E-state index contributed by atoms with van der Waals surface area (Å²) in [5, 5.41) is 10.4. The summed E-state index contributed by atoms with van der Waals surface area (Å²) in [7, 11) is 0. The van der Waals surface area contributed by atoms with Gasteiger partial charge in [-0.1, -0.05) is 128 Å². The van der Waals surface area contributed by atoms with Gasteiger partial charge in [0.15, 0.2) is 0 Å². The molecule has 0 aromatic heterocycles. The molecule has 2 saturated heterocycles. The number of benzene rings is 1. The fraction of sp³-hybridized carbons (Fsp3) is 0.628. The van der Waals surface area contributed by atoms with Gasteiger partial charge in [-0.25, -0.2) is 0 Å². The Morgan fingerprint density at radius 3 is 0.750 bits per heavy atom. The van der Waals surface area contributed by atoms with E-state index in [-0.39, 0.29) is 103 Å². The molecule has 4 fully saturated rings. The van der Waals surface area contributed by atoms with Crippen LogP contribution in [0.1, 0.15) is 153 Å². The topological polar surface area (TPSA) is 38.7 Å². The molecule has 1 aromatic carbocycles. The van der Waals surface area contributed by atoms with E-state index in [1.165, 1.54) is 90.4 Å². The maximum absolute atomic E-state index is 10.4. The monoisotopic (exact) mass is 825 g/mol. The molecule has 48 heavy (non-hydrogen) atoms. The van der Waals surface area contributed by atoms with E-state index in [4.69, 9.17) is 9.47 Å². The van der Waals surface area contributed by atoms with E-state index in [1.54, 1.807) is 0 Å². The van der Waals surface area contributed by atoms with Crippen LogP contribution in [-0.4, -0.2) is 31.5 Å². The smallest absolute Gasteiger partial charge is 0.507 e. The first-order chi connectivity index (χ1) is 21.1. The molecule has 1 N–H and O–H groups in total. The van der Waals surface area contributed by atoms with Crippen LogP contribution in [0.4, 0.5) is 0 Å². The van der Waals surface area contributed by atoms with Gasteiger partial charge < -0.3 is 14.6 Å². The molecule has 5 heteroatoms. The van der Waals surface area contributed by atoms with Crippen LogP contribution in [0.5, 0.6) is 5.75 Å². The van der Waals surface area contributed by atoms with Gasteiger partial charge in [-0.3, -0.25) is 0 Å². The van der Waals surface area contributed by atoms with Gasteiger partial charge in [-0.05, 0) is 114 Å². The molecule has 0 atom stereocenters. The second-order valence-corrected chi connectivity index (χ2v) is 15.6. The van der Waals surface area contributed by atoms with Crippen molar-refractivity contribution in [2.24, 2.45) is 0 Å². The van der Waals surface area contributed by atoms with Crippen LogP contribution in [0.2, 0.25) is 0 Å². The van der Waals surface area contributed by atoms with Gasteiger partial charge in [-0.15, -0.1) is 0 Å². The molecule has 10 radical (unpaired) electrons. The van der Waals surface area contributed by atoms with E-state index in [0.717, 1.165) is 37.6 Å². The first-order valence-electron chi connectivity index (χ1n) is 17.5. The van der Waals surface area contributed by atoms with Crippen LogP contribution in [0.15, 0.2) is 12.1 Å². The Hall–Kier alpha value is 1.91. The van der Waals surface area contributed by atoms with Crippen molar-refractivity contribution in [2.45, 2.75) is 154 Å².